The number of aromatic nitrogens is 2. The van der Waals surface area contributed by atoms with E-state index in [0.29, 0.717) is 6.54 Å². The summed E-state index contributed by atoms with van der Waals surface area (Å²) >= 11 is 0. The van der Waals surface area contributed by atoms with Gasteiger partial charge in [-0.2, -0.15) is 0 Å². The smallest absolute Gasteiger partial charge is 0.407 e. The average molecular weight is 267 g/mol. The Balaban J connectivity index is 2.15. The third kappa shape index (κ3) is 6.59. The van der Waals surface area contributed by atoms with Crippen LogP contribution < -0.4 is 15.3 Å². The van der Waals surface area contributed by atoms with Crippen molar-refractivity contribution in [2.75, 3.05) is 18.4 Å². The first-order chi connectivity index (χ1) is 8.88. The maximum absolute atomic E-state index is 11.4. The van der Waals surface area contributed by atoms with Crippen molar-refractivity contribution in [3.63, 3.8) is 0 Å². The van der Waals surface area contributed by atoms with Gasteiger partial charge in [-0.1, -0.05) is 5.10 Å². The molecule has 0 aliphatic rings. The van der Waals surface area contributed by atoms with Crippen molar-refractivity contribution in [3.05, 3.63) is 18.3 Å². The predicted molar refractivity (Wildman–Crippen MR) is 72.8 cm³/mol. The van der Waals surface area contributed by atoms with E-state index in [9.17, 15) is 4.79 Å². The number of nitrogens with one attached hydrogen (secondary N) is 2. The Labute approximate surface area is 114 Å². The minimum Gasteiger partial charge on any atom is -0.444 e. The lowest BCUT2D eigenvalue weighted by atomic mass is 10.2. The van der Waals surface area contributed by atoms with Gasteiger partial charge in [0.25, 0.3) is 5.82 Å². The second-order valence-corrected chi connectivity index (χ2v) is 5.24. The van der Waals surface area contributed by atoms with Gasteiger partial charge in [-0.05, 0) is 26.8 Å². The lowest BCUT2D eigenvalue weighted by Gasteiger charge is -2.19. The topological polar surface area (TPSA) is 67.1 Å². The zero-order valence-corrected chi connectivity index (χ0v) is 12.1. The van der Waals surface area contributed by atoms with Crippen molar-refractivity contribution in [1.29, 1.82) is 0 Å². The second kappa shape index (κ2) is 6.92. The number of alkyl carbamates (subject to hydrolysis) is 1. The molecule has 6 heteroatoms. The summed E-state index contributed by atoms with van der Waals surface area (Å²) in [5, 5.41) is 10.1. The van der Waals surface area contributed by atoms with Gasteiger partial charge in [-0.3, -0.25) is 5.32 Å². The molecule has 0 spiro atoms. The van der Waals surface area contributed by atoms with Crippen LogP contribution in [0.15, 0.2) is 18.3 Å². The normalized spacial score (nSPS) is 10.9. The van der Waals surface area contributed by atoms with Crippen LogP contribution in [-0.4, -0.2) is 29.9 Å². The first kappa shape index (κ1) is 15.2. The van der Waals surface area contributed by atoms with E-state index in [1.54, 1.807) is 10.9 Å². The molecule has 0 unspecified atom stereocenters. The molecule has 6 nitrogen and oxygen atoms in total. The minimum absolute atomic E-state index is 0.376. The van der Waals surface area contributed by atoms with Crippen LogP contribution in [0.3, 0.4) is 0 Å². The summed E-state index contributed by atoms with van der Waals surface area (Å²) in [6.45, 7) is 6.87. The van der Waals surface area contributed by atoms with Gasteiger partial charge in [-0.15, -0.1) is 4.68 Å². The number of ether oxygens (including phenoxy) is 1. The molecule has 1 aromatic heterocycles. The SMILES string of the molecule is C[n+]1ncccc1NCCCNC(=O)OC(C)(C)C. The third-order valence-corrected chi connectivity index (χ3v) is 2.26. The van der Waals surface area contributed by atoms with Gasteiger partial charge >= 0.3 is 6.09 Å². The standard InChI is InChI=1S/C13H22N4O2/c1-13(2,3)19-12(18)15-9-6-8-14-11-7-5-10-16-17(11)4/h5,7,10H,6,8-9H2,1-4H3,(H,15,18)/p+1. The van der Waals surface area contributed by atoms with E-state index in [4.69, 9.17) is 4.74 Å². The largest absolute Gasteiger partial charge is 0.444 e. The van der Waals surface area contributed by atoms with Crippen LogP contribution in [0.2, 0.25) is 0 Å². The summed E-state index contributed by atoms with van der Waals surface area (Å²) in [6, 6.07) is 3.83. The van der Waals surface area contributed by atoms with Crippen molar-refractivity contribution in [3.8, 4) is 0 Å². The van der Waals surface area contributed by atoms with Crippen LogP contribution in [0.25, 0.3) is 0 Å². The Bertz CT molecular complexity index is 415. The number of anilines is 1. The first-order valence-electron chi connectivity index (χ1n) is 6.40. The Kier molecular flexibility index (Phi) is 5.54. The molecule has 1 heterocycles. The van der Waals surface area contributed by atoms with Crippen LogP contribution in [0.5, 0.6) is 0 Å². The quantitative estimate of drug-likeness (QED) is 0.622. The maximum atomic E-state index is 11.4. The lowest BCUT2D eigenvalue weighted by molar-refractivity contribution is -0.717. The summed E-state index contributed by atoms with van der Waals surface area (Å²) in [6.07, 6.45) is 2.17. The zero-order chi connectivity index (χ0) is 14.3. The molecule has 0 fully saturated rings. The highest BCUT2D eigenvalue weighted by Gasteiger charge is 2.15. The molecule has 1 amide bonds. The van der Waals surface area contributed by atoms with Gasteiger partial charge in [0.05, 0.1) is 12.7 Å². The van der Waals surface area contributed by atoms with E-state index in [1.807, 2.05) is 40.0 Å². The van der Waals surface area contributed by atoms with E-state index in [-0.39, 0.29) is 6.09 Å². The van der Waals surface area contributed by atoms with Gasteiger partial charge in [-0.25, -0.2) is 4.79 Å². The molecule has 0 atom stereocenters. The Morgan fingerprint density at radius 1 is 1.42 bits per heavy atom. The average Bonchev–Trinajstić information content (AvgIpc) is 2.28. The van der Waals surface area contributed by atoms with E-state index in [0.717, 1.165) is 18.8 Å². The van der Waals surface area contributed by atoms with Gasteiger partial charge in [0.15, 0.2) is 0 Å². The highest BCUT2D eigenvalue weighted by molar-refractivity contribution is 5.67. The van der Waals surface area contributed by atoms with Crippen LogP contribution in [0.4, 0.5) is 10.6 Å². The highest BCUT2D eigenvalue weighted by Crippen LogP contribution is 2.06. The molecule has 106 valence electrons. The van der Waals surface area contributed by atoms with E-state index >= 15 is 0 Å². The number of carbonyl (C=O) groups excluding carboxylic acids is 1. The second-order valence-electron chi connectivity index (χ2n) is 5.24. The molecule has 0 aliphatic carbocycles. The van der Waals surface area contributed by atoms with Crippen LogP contribution in [-0.2, 0) is 11.8 Å². The summed E-state index contributed by atoms with van der Waals surface area (Å²) < 4.78 is 6.90. The van der Waals surface area contributed by atoms with Crippen molar-refractivity contribution < 1.29 is 14.2 Å². The predicted octanol–water partition coefficient (Wildman–Crippen LogP) is 1.23. The molecule has 1 aromatic rings. The molecule has 19 heavy (non-hydrogen) atoms. The molecule has 1 rings (SSSR count). The molecular formula is C13H23N4O2+. The van der Waals surface area contributed by atoms with Gasteiger partial charge in [0.2, 0.25) is 0 Å². The van der Waals surface area contributed by atoms with Crippen molar-refractivity contribution in [2.45, 2.75) is 32.8 Å². The van der Waals surface area contributed by atoms with Crippen molar-refractivity contribution in [1.82, 2.24) is 10.4 Å². The first-order valence-corrected chi connectivity index (χ1v) is 6.40. The summed E-state index contributed by atoms with van der Waals surface area (Å²) in [5.41, 5.74) is -0.453. The lowest BCUT2D eigenvalue weighted by Crippen LogP contribution is -2.37. The Morgan fingerprint density at radius 3 is 2.79 bits per heavy atom. The number of hydrogen-bond acceptors (Lipinski definition) is 4. The van der Waals surface area contributed by atoms with Crippen LogP contribution >= 0.6 is 0 Å². The molecule has 0 aromatic carbocycles. The molecule has 0 radical (unpaired) electrons. The van der Waals surface area contributed by atoms with Crippen molar-refractivity contribution in [2.24, 2.45) is 7.05 Å². The molecule has 0 aliphatic heterocycles. The monoisotopic (exact) mass is 267 g/mol. The number of carbonyl (C=O) groups is 1. The van der Waals surface area contributed by atoms with E-state index in [2.05, 4.69) is 15.7 Å². The fraction of sp³-hybridized carbons (Fsp3) is 0.615. The maximum Gasteiger partial charge on any atom is 0.407 e. The van der Waals surface area contributed by atoms with Crippen molar-refractivity contribution >= 4 is 11.9 Å². The molecule has 0 bridgehead atoms. The number of rotatable bonds is 5. The highest BCUT2D eigenvalue weighted by atomic mass is 16.6. The summed E-state index contributed by atoms with van der Waals surface area (Å²) in [7, 11) is 1.88. The third-order valence-electron chi connectivity index (χ3n) is 2.26. The Hall–Kier alpha value is -1.85. The van der Waals surface area contributed by atoms with E-state index < -0.39 is 5.60 Å². The molecule has 0 saturated carbocycles. The minimum atomic E-state index is -0.453. The molecule has 2 N–H and O–H groups in total. The number of nitrogens with zero attached hydrogens (tertiary/aromatic N) is 2. The van der Waals surface area contributed by atoms with Crippen LogP contribution in [0, 0.1) is 0 Å². The molecular weight excluding hydrogens is 244 g/mol. The summed E-state index contributed by atoms with van der Waals surface area (Å²) in [4.78, 5) is 11.4. The van der Waals surface area contributed by atoms with Crippen LogP contribution in [0.1, 0.15) is 27.2 Å². The number of hydrogen-bond donors (Lipinski definition) is 2. The number of aryl methyl sites for hydroxylation is 1. The fourth-order valence-electron chi connectivity index (χ4n) is 1.43. The Morgan fingerprint density at radius 2 is 2.16 bits per heavy atom. The van der Waals surface area contributed by atoms with E-state index in [1.165, 1.54) is 0 Å². The summed E-state index contributed by atoms with van der Waals surface area (Å²) in [5.74, 6) is 0.944. The van der Waals surface area contributed by atoms with Gasteiger partial charge in [0, 0.05) is 19.0 Å². The number of amides is 1. The zero-order valence-electron chi connectivity index (χ0n) is 12.1. The fourth-order valence-corrected chi connectivity index (χ4v) is 1.43. The van der Waals surface area contributed by atoms with Gasteiger partial charge < -0.3 is 10.1 Å². The molecule has 0 saturated heterocycles. The van der Waals surface area contributed by atoms with Gasteiger partial charge in [0.1, 0.15) is 12.6 Å².